The standard InChI is InChI=1S/C10H6BrF5O2/c11-7-2-5(9(12,13)4-8(17)18)1-6(3-7)10(14,15)16/h1-3H,4H2,(H,17,18). The van der Waals surface area contributed by atoms with Crippen LogP contribution in [0.2, 0.25) is 0 Å². The van der Waals surface area contributed by atoms with Crippen LogP contribution in [0.1, 0.15) is 17.5 Å². The maximum Gasteiger partial charge on any atom is 0.416 e. The van der Waals surface area contributed by atoms with Crippen LogP contribution in [0, 0.1) is 0 Å². The lowest BCUT2D eigenvalue weighted by Crippen LogP contribution is -2.19. The average molecular weight is 333 g/mol. The Hall–Kier alpha value is -1.18. The molecule has 0 heterocycles. The highest BCUT2D eigenvalue weighted by Crippen LogP contribution is 2.38. The van der Waals surface area contributed by atoms with Gasteiger partial charge in [-0.05, 0) is 18.2 Å². The minimum Gasteiger partial charge on any atom is -0.481 e. The Morgan fingerprint density at radius 1 is 1.11 bits per heavy atom. The molecule has 0 aliphatic heterocycles. The summed E-state index contributed by atoms with van der Waals surface area (Å²) in [5.41, 5.74) is -2.26. The summed E-state index contributed by atoms with van der Waals surface area (Å²) in [6, 6.07) is 1.65. The van der Waals surface area contributed by atoms with Gasteiger partial charge in [-0.3, -0.25) is 4.79 Å². The predicted molar refractivity (Wildman–Crippen MR) is 55.3 cm³/mol. The van der Waals surface area contributed by atoms with Crippen molar-refractivity contribution < 1.29 is 31.9 Å². The molecule has 2 nitrogen and oxygen atoms in total. The maximum absolute atomic E-state index is 13.4. The second kappa shape index (κ2) is 4.83. The molecule has 100 valence electrons. The van der Waals surface area contributed by atoms with E-state index in [1.165, 1.54) is 0 Å². The quantitative estimate of drug-likeness (QED) is 0.848. The SMILES string of the molecule is O=C(O)CC(F)(F)c1cc(Br)cc(C(F)(F)F)c1. The molecule has 1 aromatic carbocycles. The number of carbonyl (C=O) groups is 1. The van der Waals surface area contributed by atoms with E-state index in [2.05, 4.69) is 15.9 Å². The summed E-state index contributed by atoms with van der Waals surface area (Å²) >= 11 is 2.68. The lowest BCUT2D eigenvalue weighted by atomic mass is 10.0. The first kappa shape index (κ1) is 14.9. The molecule has 0 aliphatic carbocycles. The first-order chi connectivity index (χ1) is 8.02. The topological polar surface area (TPSA) is 37.3 Å². The van der Waals surface area contributed by atoms with Crippen molar-refractivity contribution in [3.05, 3.63) is 33.8 Å². The first-order valence-electron chi connectivity index (χ1n) is 4.50. The van der Waals surface area contributed by atoms with Gasteiger partial charge in [0.15, 0.2) is 0 Å². The number of rotatable bonds is 3. The summed E-state index contributed by atoms with van der Waals surface area (Å²) in [7, 11) is 0. The van der Waals surface area contributed by atoms with Crippen molar-refractivity contribution in [3.63, 3.8) is 0 Å². The number of carboxylic acid groups (broad SMARTS) is 1. The summed E-state index contributed by atoms with van der Waals surface area (Å²) < 4.78 is 63.8. The number of aliphatic carboxylic acids is 1. The summed E-state index contributed by atoms with van der Waals surface area (Å²) in [6.45, 7) is 0. The van der Waals surface area contributed by atoms with Crippen molar-refractivity contribution in [2.24, 2.45) is 0 Å². The Morgan fingerprint density at radius 2 is 1.61 bits per heavy atom. The van der Waals surface area contributed by atoms with E-state index >= 15 is 0 Å². The van der Waals surface area contributed by atoms with Gasteiger partial charge in [-0.1, -0.05) is 15.9 Å². The van der Waals surface area contributed by atoms with Gasteiger partial charge >= 0.3 is 12.1 Å². The molecule has 8 heteroatoms. The number of halogens is 6. The molecule has 1 N–H and O–H groups in total. The fraction of sp³-hybridized carbons (Fsp3) is 0.300. The molecule has 0 amide bonds. The van der Waals surface area contributed by atoms with Crippen molar-refractivity contribution in [2.75, 3.05) is 0 Å². The largest absolute Gasteiger partial charge is 0.481 e. The number of hydrogen-bond acceptors (Lipinski definition) is 1. The molecule has 0 atom stereocenters. The zero-order valence-electron chi connectivity index (χ0n) is 8.56. The molecule has 0 radical (unpaired) electrons. The average Bonchev–Trinajstić information content (AvgIpc) is 2.13. The lowest BCUT2D eigenvalue weighted by molar-refractivity contribution is -0.145. The van der Waals surface area contributed by atoms with Gasteiger partial charge in [-0.2, -0.15) is 13.2 Å². The van der Waals surface area contributed by atoms with Crippen molar-refractivity contribution >= 4 is 21.9 Å². The van der Waals surface area contributed by atoms with Crippen LogP contribution < -0.4 is 0 Å². The molecule has 0 bridgehead atoms. The Bertz CT molecular complexity index is 470. The lowest BCUT2D eigenvalue weighted by Gasteiger charge is -2.17. The summed E-state index contributed by atoms with van der Waals surface area (Å²) in [5, 5.41) is 8.29. The van der Waals surface area contributed by atoms with Crippen LogP contribution in [0.25, 0.3) is 0 Å². The molecule has 0 unspecified atom stereocenters. The van der Waals surface area contributed by atoms with Crippen LogP contribution in [0.5, 0.6) is 0 Å². The number of hydrogen-bond donors (Lipinski definition) is 1. The molecular formula is C10H6BrF5O2. The third kappa shape index (κ3) is 3.66. The predicted octanol–water partition coefficient (Wildman–Crippen LogP) is 4.03. The summed E-state index contributed by atoms with van der Waals surface area (Å²) in [5.74, 6) is -5.66. The van der Waals surface area contributed by atoms with E-state index in [1.54, 1.807) is 0 Å². The number of alkyl halides is 5. The summed E-state index contributed by atoms with van der Waals surface area (Å²) in [4.78, 5) is 10.2. The van der Waals surface area contributed by atoms with E-state index in [0.717, 1.165) is 6.07 Å². The highest BCUT2D eigenvalue weighted by molar-refractivity contribution is 9.10. The molecule has 1 rings (SSSR count). The Labute approximate surface area is 107 Å². The highest BCUT2D eigenvalue weighted by Gasteiger charge is 2.38. The number of carboxylic acids is 1. The minimum atomic E-state index is -4.78. The first-order valence-corrected chi connectivity index (χ1v) is 5.29. The van der Waals surface area contributed by atoms with Gasteiger partial charge in [-0.15, -0.1) is 0 Å². The van der Waals surface area contributed by atoms with E-state index in [-0.39, 0.29) is 10.5 Å². The Morgan fingerprint density at radius 3 is 2.06 bits per heavy atom. The van der Waals surface area contributed by atoms with Crippen LogP contribution in [0.3, 0.4) is 0 Å². The molecule has 1 aromatic rings. The molecule has 0 fully saturated rings. The minimum absolute atomic E-state index is 0.197. The van der Waals surface area contributed by atoms with Crippen LogP contribution in [-0.2, 0) is 16.9 Å². The van der Waals surface area contributed by atoms with Gasteiger partial charge in [0, 0.05) is 10.0 Å². The Balaban J connectivity index is 3.25. The zero-order chi connectivity index (χ0) is 14.1. The van der Waals surface area contributed by atoms with Gasteiger partial charge in [0.1, 0.15) is 6.42 Å². The van der Waals surface area contributed by atoms with Gasteiger partial charge in [-0.25, -0.2) is 8.78 Å². The molecule has 0 saturated heterocycles. The Kier molecular flexibility index (Phi) is 3.99. The molecule has 18 heavy (non-hydrogen) atoms. The van der Waals surface area contributed by atoms with Crippen molar-refractivity contribution in [2.45, 2.75) is 18.5 Å². The zero-order valence-corrected chi connectivity index (χ0v) is 10.1. The second-order valence-electron chi connectivity index (χ2n) is 3.50. The van der Waals surface area contributed by atoms with E-state index in [9.17, 15) is 26.7 Å². The van der Waals surface area contributed by atoms with Crippen molar-refractivity contribution in [1.82, 2.24) is 0 Å². The third-order valence-corrected chi connectivity index (χ3v) is 2.48. The third-order valence-electron chi connectivity index (χ3n) is 2.02. The van der Waals surface area contributed by atoms with Gasteiger partial charge in [0.2, 0.25) is 0 Å². The van der Waals surface area contributed by atoms with Gasteiger partial charge < -0.3 is 5.11 Å². The fourth-order valence-corrected chi connectivity index (χ4v) is 1.75. The fourth-order valence-electron chi connectivity index (χ4n) is 1.26. The highest BCUT2D eigenvalue weighted by atomic mass is 79.9. The summed E-state index contributed by atoms with van der Waals surface area (Å²) in [6.07, 6.45) is -6.35. The second-order valence-corrected chi connectivity index (χ2v) is 4.42. The van der Waals surface area contributed by atoms with Crippen LogP contribution in [0.4, 0.5) is 22.0 Å². The maximum atomic E-state index is 13.4. The normalized spacial score (nSPS) is 12.6. The van der Waals surface area contributed by atoms with E-state index < -0.39 is 35.6 Å². The van der Waals surface area contributed by atoms with E-state index in [4.69, 9.17) is 5.11 Å². The van der Waals surface area contributed by atoms with Gasteiger partial charge in [0.05, 0.1) is 5.56 Å². The van der Waals surface area contributed by atoms with E-state index in [1.807, 2.05) is 0 Å². The monoisotopic (exact) mass is 332 g/mol. The van der Waals surface area contributed by atoms with Crippen molar-refractivity contribution in [3.8, 4) is 0 Å². The van der Waals surface area contributed by atoms with Gasteiger partial charge in [0.25, 0.3) is 5.92 Å². The molecule has 0 spiro atoms. The van der Waals surface area contributed by atoms with Crippen LogP contribution in [-0.4, -0.2) is 11.1 Å². The van der Waals surface area contributed by atoms with Crippen molar-refractivity contribution in [1.29, 1.82) is 0 Å². The van der Waals surface area contributed by atoms with Crippen LogP contribution >= 0.6 is 15.9 Å². The number of benzene rings is 1. The smallest absolute Gasteiger partial charge is 0.416 e. The molecule has 0 saturated carbocycles. The molecule has 0 aliphatic rings. The molecular weight excluding hydrogens is 327 g/mol. The molecule has 0 aromatic heterocycles. The van der Waals surface area contributed by atoms with Crippen LogP contribution in [0.15, 0.2) is 22.7 Å². The van der Waals surface area contributed by atoms with E-state index in [0.29, 0.717) is 6.07 Å².